The molecule has 0 bridgehead atoms. The molecule has 1 heterocycles. The Morgan fingerprint density at radius 1 is 1.73 bits per heavy atom. The quantitative estimate of drug-likeness (QED) is 0.748. The van der Waals surface area contributed by atoms with Crippen LogP contribution < -0.4 is 0 Å². The highest BCUT2D eigenvalue weighted by atomic mass is 32.2. The van der Waals surface area contributed by atoms with E-state index in [2.05, 4.69) is 4.98 Å². The molecule has 0 spiro atoms. The number of thiazole rings is 1. The molecule has 0 fully saturated rings. The molecule has 0 saturated heterocycles. The average Bonchev–Trinajstić information content (AvgIpc) is 2.50. The van der Waals surface area contributed by atoms with Gasteiger partial charge in [0.2, 0.25) is 0 Å². The van der Waals surface area contributed by atoms with Crippen molar-refractivity contribution in [3.63, 3.8) is 0 Å². The van der Waals surface area contributed by atoms with Crippen LogP contribution in [0, 0.1) is 0 Å². The summed E-state index contributed by atoms with van der Waals surface area (Å²) in [5.41, 5.74) is 0.604. The van der Waals surface area contributed by atoms with Crippen LogP contribution in [-0.4, -0.2) is 33.0 Å². The monoisotopic (exact) mass is 247 g/mol. The largest absolute Gasteiger partial charge is 0.481 e. The van der Waals surface area contributed by atoms with Crippen LogP contribution in [0.3, 0.4) is 0 Å². The summed E-state index contributed by atoms with van der Waals surface area (Å²) in [6.07, 6.45) is 0.405. The van der Waals surface area contributed by atoms with E-state index in [-0.39, 0.29) is 12.5 Å². The Hall–Kier alpha value is -0.590. The summed E-state index contributed by atoms with van der Waals surface area (Å²) in [6.45, 7) is 1.75. The number of hydrogen-bond acceptors (Lipinski definition) is 5. The van der Waals surface area contributed by atoms with E-state index in [9.17, 15) is 4.79 Å². The minimum absolute atomic E-state index is 0.0204. The maximum atomic E-state index is 10.4. The molecule has 2 N–H and O–H groups in total. The Labute approximate surface area is 96.4 Å². The van der Waals surface area contributed by atoms with E-state index in [1.165, 1.54) is 11.3 Å². The average molecular weight is 247 g/mol. The standard InChI is InChI=1S/C9H13NO3S2/c1-6(11)2-3-14-9-10-7(5-15-9)4-8(12)13/h5-6,11H,2-4H2,1H3,(H,12,13). The molecule has 0 amide bonds. The molecule has 1 unspecified atom stereocenters. The van der Waals surface area contributed by atoms with Gasteiger partial charge in [-0.3, -0.25) is 4.79 Å². The number of aliphatic hydroxyl groups excluding tert-OH is 1. The van der Waals surface area contributed by atoms with E-state index in [0.29, 0.717) is 5.69 Å². The number of carboxylic acids is 1. The number of rotatable bonds is 6. The number of carbonyl (C=O) groups is 1. The van der Waals surface area contributed by atoms with Gasteiger partial charge in [-0.25, -0.2) is 4.98 Å². The zero-order chi connectivity index (χ0) is 11.3. The predicted octanol–water partition coefficient (Wildman–Crippen LogP) is 1.63. The van der Waals surface area contributed by atoms with Crippen LogP contribution in [0.5, 0.6) is 0 Å². The Morgan fingerprint density at radius 3 is 3.07 bits per heavy atom. The first kappa shape index (κ1) is 12.5. The molecule has 1 rings (SSSR count). The van der Waals surface area contributed by atoms with Crippen LogP contribution in [0.1, 0.15) is 19.0 Å². The molecule has 0 aromatic carbocycles. The smallest absolute Gasteiger partial charge is 0.309 e. The molecular formula is C9H13NO3S2. The fourth-order valence-corrected chi connectivity index (χ4v) is 2.93. The van der Waals surface area contributed by atoms with Gasteiger partial charge in [-0.1, -0.05) is 11.8 Å². The van der Waals surface area contributed by atoms with Gasteiger partial charge in [0.05, 0.1) is 18.2 Å². The molecule has 0 saturated carbocycles. The third kappa shape index (κ3) is 5.15. The zero-order valence-electron chi connectivity index (χ0n) is 8.34. The van der Waals surface area contributed by atoms with Crippen LogP contribution in [0.15, 0.2) is 9.72 Å². The van der Waals surface area contributed by atoms with E-state index in [1.54, 1.807) is 24.1 Å². The molecule has 6 heteroatoms. The van der Waals surface area contributed by atoms with Crippen molar-refractivity contribution < 1.29 is 15.0 Å². The lowest BCUT2D eigenvalue weighted by atomic mass is 10.3. The van der Waals surface area contributed by atoms with E-state index >= 15 is 0 Å². The molecule has 0 aliphatic rings. The lowest BCUT2D eigenvalue weighted by molar-refractivity contribution is -0.136. The van der Waals surface area contributed by atoms with E-state index in [1.807, 2.05) is 0 Å². The van der Waals surface area contributed by atoms with Crippen LogP contribution in [0.4, 0.5) is 0 Å². The minimum Gasteiger partial charge on any atom is -0.481 e. The van der Waals surface area contributed by atoms with Gasteiger partial charge >= 0.3 is 5.97 Å². The van der Waals surface area contributed by atoms with Gasteiger partial charge in [-0.15, -0.1) is 11.3 Å². The van der Waals surface area contributed by atoms with Crippen LogP contribution in [0.25, 0.3) is 0 Å². The van der Waals surface area contributed by atoms with Crippen molar-refractivity contribution in [2.45, 2.75) is 30.2 Å². The van der Waals surface area contributed by atoms with Crippen molar-refractivity contribution in [2.75, 3.05) is 5.75 Å². The fourth-order valence-electron chi connectivity index (χ4n) is 0.908. The van der Waals surface area contributed by atoms with Crippen molar-refractivity contribution in [1.29, 1.82) is 0 Å². The second-order valence-corrected chi connectivity index (χ2v) is 5.36. The number of hydrogen-bond donors (Lipinski definition) is 2. The number of carboxylic acid groups (broad SMARTS) is 1. The van der Waals surface area contributed by atoms with E-state index < -0.39 is 5.97 Å². The molecule has 0 aliphatic heterocycles. The van der Waals surface area contributed by atoms with Crippen molar-refractivity contribution in [3.8, 4) is 0 Å². The van der Waals surface area contributed by atoms with Crippen molar-refractivity contribution in [2.24, 2.45) is 0 Å². The van der Waals surface area contributed by atoms with E-state index in [0.717, 1.165) is 16.5 Å². The zero-order valence-corrected chi connectivity index (χ0v) is 9.98. The van der Waals surface area contributed by atoms with Gasteiger partial charge in [-0.05, 0) is 13.3 Å². The number of aliphatic hydroxyl groups is 1. The second-order valence-electron chi connectivity index (χ2n) is 3.16. The second kappa shape index (κ2) is 6.09. The summed E-state index contributed by atoms with van der Waals surface area (Å²) in [5, 5.41) is 19.4. The Morgan fingerprint density at radius 2 is 2.47 bits per heavy atom. The van der Waals surface area contributed by atoms with Crippen molar-refractivity contribution >= 4 is 29.1 Å². The number of nitrogens with zero attached hydrogens (tertiary/aromatic N) is 1. The van der Waals surface area contributed by atoms with Crippen LogP contribution in [0.2, 0.25) is 0 Å². The summed E-state index contributed by atoms with van der Waals surface area (Å²) >= 11 is 3.00. The van der Waals surface area contributed by atoms with Crippen molar-refractivity contribution in [3.05, 3.63) is 11.1 Å². The normalized spacial score (nSPS) is 12.7. The van der Waals surface area contributed by atoms with Gasteiger partial charge in [-0.2, -0.15) is 0 Å². The lowest BCUT2D eigenvalue weighted by Crippen LogP contribution is -2.01. The maximum Gasteiger partial charge on any atom is 0.309 e. The Kier molecular flexibility index (Phi) is 5.07. The molecule has 0 radical (unpaired) electrons. The van der Waals surface area contributed by atoms with Gasteiger partial charge < -0.3 is 10.2 Å². The van der Waals surface area contributed by atoms with E-state index in [4.69, 9.17) is 10.2 Å². The summed E-state index contributed by atoms with van der Waals surface area (Å²) in [4.78, 5) is 14.6. The third-order valence-corrected chi connectivity index (χ3v) is 3.73. The van der Waals surface area contributed by atoms with Crippen LogP contribution in [-0.2, 0) is 11.2 Å². The first-order valence-electron chi connectivity index (χ1n) is 4.55. The summed E-state index contributed by atoms with van der Waals surface area (Å²) in [5.74, 6) is -0.0571. The highest BCUT2D eigenvalue weighted by molar-refractivity contribution is 8.01. The van der Waals surface area contributed by atoms with Gasteiger partial charge in [0.1, 0.15) is 4.34 Å². The number of aromatic nitrogens is 1. The molecule has 1 aromatic heterocycles. The summed E-state index contributed by atoms with van der Waals surface area (Å²) in [7, 11) is 0. The van der Waals surface area contributed by atoms with Gasteiger partial charge in [0, 0.05) is 11.1 Å². The molecular weight excluding hydrogens is 234 g/mol. The third-order valence-electron chi connectivity index (χ3n) is 1.62. The number of thioether (sulfide) groups is 1. The lowest BCUT2D eigenvalue weighted by Gasteiger charge is -2.00. The molecule has 1 atom stereocenters. The number of aliphatic carboxylic acids is 1. The Bertz CT molecular complexity index is 325. The highest BCUT2D eigenvalue weighted by Gasteiger charge is 2.06. The van der Waals surface area contributed by atoms with Crippen LogP contribution >= 0.6 is 23.1 Å². The first-order valence-corrected chi connectivity index (χ1v) is 6.41. The summed E-state index contributed by atoms with van der Waals surface area (Å²) in [6, 6.07) is 0. The maximum absolute atomic E-state index is 10.4. The predicted molar refractivity (Wildman–Crippen MR) is 60.5 cm³/mol. The molecule has 1 aromatic rings. The van der Waals surface area contributed by atoms with Gasteiger partial charge in [0.25, 0.3) is 0 Å². The molecule has 84 valence electrons. The molecule has 4 nitrogen and oxygen atoms in total. The highest BCUT2D eigenvalue weighted by Crippen LogP contribution is 2.23. The van der Waals surface area contributed by atoms with Gasteiger partial charge in [0.15, 0.2) is 0 Å². The summed E-state index contributed by atoms with van der Waals surface area (Å²) < 4.78 is 0.868. The fraction of sp³-hybridized carbons (Fsp3) is 0.556. The topological polar surface area (TPSA) is 70.4 Å². The SMILES string of the molecule is CC(O)CCSc1nc(CC(=O)O)cs1. The Balaban J connectivity index is 2.36. The molecule has 0 aliphatic carbocycles. The minimum atomic E-state index is -0.860. The van der Waals surface area contributed by atoms with Crippen molar-refractivity contribution in [1.82, 2.24) is 4.98 Å². The molecule has 15 heavy (non-hydrogen) atoms. The first-order chi connectivity index (χ1) is 7.08.